The van der Waals surface area contributed by atoms with E-state index < -0.39 is 5.60 Å². The summed E-state index contributed by atoms with van der Waals surface area (Å²) in [6, 6.07) is 8.32. The molecular weight excluding hydrogens is 304 g/mol. The highest BCUT2D eigenvalue weighted by atomic mass is 79.9. The molecule has 1 heterocycles. The first-order chi connectivity index (χ1) is 8.96. The van der Waals surface area contributed by atoms with Crippen molar-refractivity contribution in [3.05, 3.63) is 34.3 Å². The van der Waals surface area contributed by atoms with E-state index in [0.29, 0.717) is 0 Å². The number of hydrogen-bond acceptors (Lipinski definition) is 3. The van der Waals surface area contributed by atoms with E-state index in [4.69, 9.17) is 5.73 Å². The molecule has 1 aromatic rings. The van der Waals surface area contributed by atoms with Gasteiger partial charge in [0, 0.05) is 23.6 Å². The topological polar surface area (TPSA) is 49.5 Å². The summed E-state index contributed by atoms with van der Waals surface area (Å²) in [4.78, 5) is 2.40. The highest BCUT2D eigenvalue weighted by Crippen LogP contribution is 2.23. The molecule has 1 atom stereocenters. The standard InChI is InChI=1S/C15H23BrN2O/c1-15(19)7-10-18(11-8-15)9-6-14(17)12-2-4-13(16)5-3-12/h2-5,14,19H,6-11,17H2,1H3. The fourth-order valence-electron chi connectivity index (χ4n) is 2.46. The Balaban J connectivity index is 1.78. The van der Waals surface area contributed by atoms with Gasteiger partial charge < -0.3 is 15.7 Å². The summed E-state index contributed by atoms with van der Waals surface area (Å²) in [5, 5.41) is 9.92. The zero-order chi connectivity index (χ0) is 13.9. The van der Waals surface area contributed by atoms with Crippen molar-refractivity contribution >= 4 is 15.9 Å². The molecule has 0 radical (unpaired) electrons. The van der Waals surface area contributed by atoms with Gasteiger partial charge in [-0.1, -0.05) is 28.1 Å². The Morgan fingerprint density at radius 1 is 1.32 bits per heavy atom. The molecule has 3 nitrogen and oxygen atoms in total. The first-order valence-electron chi connectivity index (χ1n) is 6.92. The van der Waals surface area contributed by atoms with Crippen LogP contribution < -0.4 is 5.73 Å². The van der Waals surface area contributed by atoms with Gasteiger partial charge in [-0.25, -0.2) is 0 Å². The average molecular weight is 327 g/mol. The Morgan fingerprint density at radius 2 is 1.89 bits per heavy atom. The van der Waals surface area contributed by atoms with Crippen LogP contribution in [-0.2, 0) is 0 Å². The van der Waals surface area contributed by atoms with Crippen molar-refractivity contribution in [2.24, 2.45) is 5.73 Å². The number of likely N-dealkylation sites (tertiary alicyclic amines) is 1. The van der Waals surface area contributed by atoms with Crippen molar-refractivity contribution in [2.45, 2.75) is 37.8 Å². The fourth-order valence-corrected chi connectivity index (χ4v) is 2.72. The van der Waals surface area contributed by atoms with Crippen LogP contribution in [0.5, 0.6) is 0 Å². The minimum Gasteiger partial charge on any atom is -0.390 e. The van der Waals surface area contributed by atoms with Crippen LogP contribution in [0.4, 0.5) is 0 Å². The van der Waals surface area contributed by atoms with E-state index in [-0.39, 0.29) is 6.04 Å². The van der Waals surface area contributed by atoms with Gasteiger partial charge in [0.2, 0.25) is 0 Å². The molecule has 1 unspecified atom stereocenters. The molecule has 0 spiro atoms. The molecular formula is C15H23BrN2O. The normalized spacial score (nSPS) is 21.3. The van der Waals surface area contributed by atoms with Gasteiger partial charge >= 0.3 is 0 Å². The second-order valence-corrected chi connectivity index (χ2v) is 6.70. The van der Waals surface area contributed by atoms with E-state index in [9.17, 15) is 5.11 Å². The van der Waals surface area contributed by atoms with Gasteiger partial charge in [0.15, 0.2) is 0 Å². The molecule has 1 aliphatic rings. The molecule has 0 aromatic heterocycles. The van der Waals surface area contributed by atoms with Gasteiger partial charge in [0.1, 0.15) is 0 Å². The number of piperidine rings is 1. The summed E-state index contributed by atoms with van der Waals surface area (Å²) in [5.41, 5.74) is 6.94. The minimum atomic E-state index is -0.468. The van der Waals surface area contributed by atoms with Gasteiger partial charge in [0.05, 0.1) is 5.60 Å². The molecule has 0 saturated carbocycles. The van der Waals surface area contributed by atoms with Crippen LogP contribution >= 0.6 is 15.9 Å². The van der Waals surface area contributed by atoms with Crippen molar-refractivity contribution in [1.29, 1.82) is 0 Å². The number of rotatable bonds is 4. The molecule has 0 amide bonds. The zero-order valence-corrected chi connectivity index (χ0v) is 13.1. The van der Waals surface area contributed by atoms with Crippen LogP contribution in [0, 0.1) is 0 Å². The summed E-state index contributed by atoms with van der Waals surface area (Å²) >= 11 is 3.43. The van der Waals surface area contributed by atoms with Crippen molar-refractivity contribution in [3.63, 3.8) is 0 Å². The second kappa shape index (κ2) is 6.35. The van der Waals surface area contributed by atoms with E-state index in [0.717, 1.165) is 43.4 Å². The Morgan fingerprint density at radius 3 is 2.47 bits per heavy atom. The number of hydrogen-bond donors (Lipinski definition) is 2. The number of nitrogens with zero attached hydrogens (tertiary/aromatic N) is 1. The van der Waals surface area contributed by atoms with E-state index in [1.807, 2.05) is 19.1 Å². The lowest BCUT2D eigenvalue weighted by Crippen LogP contribution is -2.43. The SMILES string of the molecule is CC1(O)CCN(CCC(N)c2ccc(Br)cc2)CC1. The molecule has 3 N–H and O–H groups in total. The maximum atomic E-state index is 9.92. The molecule has 1 fully saturated rings. The summed E-state index contributed by atoms with van der Waals surface area (Å²) < 4.78 is 1.08. The Bertz CT molecular complexity index is 395. The molecule has 4 heteroatoms. The molecule has 1 saturated heterocycles. The lowest BCUT2D eigenvalue weighted by Gasteiger charge is -2.36. The third kappa shape index (κ3) is 4.56. The largest absolute Gasteiger partial charge is 0.390 e. The molecule has 1 aromatic carbocycles. The van der Waals surface area contributed by atoms with Crippen LogP contribution in [0.15, 0.2) is 28.7 Å². The number of benzene rings is 1. The minimum absolute atomic E-state index is 0.0931. The van der Waals surface area contributed by atoms with Crippen molar-refractivity contribution in [2.75, 3.05) is 19.6 Å². The van der Waals surface area contributed by atoms with E-state index in [2.05, 4.69) is 33.0 Å². The van der Waals surface area contributed by atoms with E-state index >= 15 is 0 Å². The zero-order valence-electron chi connectivity index (χ0n) is 11.5. The van der Waals surface area contributed by atoms with E-state index in [1.165, 1.54) is 5.56 Å². The Hall–Kier alpha value is -0.420. The molecule has 106 valence electrons. The first-order valence-corrected chi connectivity index (χ1v) is 7.71. The first kappa shape index (κ1) is 15.0. The maximum Gasteiger partial charge on any atom is 0.0644 e. The summed E-state index contributed by atoms with van der Waals surface area (Å²) in [5.74, 6) is 0. The number of nitrogens with two attached hydrogens (primary N) is 1. The van der Waals surface area contributed by atoms with Gasteiger partial charge in [-0.3, -0.25) is 0 Å². The molecule has 0 aliphatic carbocycles. The summed E-state index contributed by atoms with van der Waals surface area (Å²) in [7, 11) is 0. The maximum absolute atomic E-state index is 9.92. The predicted octanol–water partition coefficient (Wildman–Crippen LogP) is 2.69. The van der Waals surface area contributed by atoms with Crippen LogP contribution in [0.1, 0.15) is 37.8 Å². The molecule has 1 aliphatic heterocycles. The van der Waals surface area contributed by atoms with Crippen molar-refractivity contribution in [3.8, 4) is 0 Å². The molecule has 19 heavy (non-hydrogen) atoms. The second-order valence-electron chi connectivity index (χ2n) is 5.79. The third-order valence-electron chi connectivity index (χ3n) is 3.99. The van der Waals surface area contributed by atoms with Gasteiger partial charge in [-0.2, -0.15) is 0 Å². The quantitative estimate of drug-likeness (QED) is 0.894. The fraction of sp³-hybridized carbons (Fsp3) is 0.600. The monoisotopic (exact) mass is 326 g/mol. The molecule has 2 rings (SSSR count). The summed E-state index contributed by atoms with van der Waals surface area (Å²) in [6.45, 7) is 4.88. The van der Waals surface area contributed by atoms with Gasteiger partial charge in [-0.15, -0.1) is 0 Å². The molecule has 0 bridgehead atoms. The van der Waals surface area contributed by atoms with E-state index in [1.54, 1.807) is 0 Å². The van der Waals surface area contributed by atoms with Crippen LogP contribution in [0.2, 0.25) is 0 Å². The highest BCUT2D eigenvalue weighted by molar-refractivity contribution is 9.10. The van der Waals surface area contributed by atoms with Crippen LogP contribution in [0.25, 0.3) is 0 Å². The third-order valence-corrected chi connectivity index (χ3v) is 4.52. The smallest absolute Gasteiger partial charge is 0.0644 e. The van der Waals surface area contributed by atoms with Crippen LogP contribution in [-0.4, -0.2) is 35.2 Å². The highest BCUT2D eigenvalue weighted by Gasteiger charge is 2.27. The van der Waals surface area contributed by atoms with Crippen molar-refractivity contribution in [1.82, 2.24) is 4.90 Å². The van der Waals surface area contributed by atoms with Gasteiger partial charge in [-0.05, 0) is 50.4 Å². The van der Waals surface area contributed by atoms with Gasteiger partial charge in [0.25, 0.3) is 0 Å². The van der Waals surface area contributed by atoms with Crippen LogP contribution in [0.3, 0.4) is 0 Å². The number of halogens is 1. The Kier molecular flexibility index (Phi) is 5.01. The predicted molar refractivity (Wildman–Crippen MR) is 82.0 cm³/mol. The lowest BCUT2D eigenvalue weighted by atomic mass is 9.93. The average Bonchev–Trinajstić information content (AvgIpc) is 2.38. The lowest BCUT2D eigenvalue weighted by molar-refractivity contribution is -0.00576. The Labute approximate surface area is 123 Å². The van der Waals surface area contributed by atoms with Crippen molar-refractivity contribution < 1.29 is 5.11 Å². The number of aliphatic hydroxyl groups is 1. The summed E-state index contributed by atoms with van der Waals surface area (Å²) in [6.07, 6.45) is 2.69.